The Labute approximate surface area is 78.4 Å². The average Bonchev–Trinajstić information content (AvgIpc) is 1.35. The summed E-state index contributed by atoms with van der Waals surface area (Å²) in [7, 11) is 1.10. The zero-order valence-electron chi connectivity index (χ0n) is 7.50. The second kappa shape index (κ2) is 8.89. The van der Waals surface area contributed by atoms with Crippen LogP contribution in [0.3, 0.4) is 0 Å². The average molecular weight is 181 g/mol. The molecule has 0 saturated heterocycles. The molecule has 0 unspecified atom stereocenters. The molecule has 0 spiro atoms. The molecular formula is C6H19NSiTi. The van der Waals surface area contributed by atoms with Crippen molar-refractivity contribution in [3.8, 4) is 0 Å². The van der Waals surface area contributed by atoms with E-state index in [0.717, 1.165) is 10.4 Å². The molecule has 0 radical (unpaired) electrons. The molecule has 56 valence electrons. The Balaban J connectivity index is -0.0000000417. The van der Waals surface area contributed by atoms with Gasteiger partial charge in [-0.25, -0.2) is 0 Å². The quantitative estimate of drug-likeness (QED) is 0.425. The van der Waals surface area contributed by atoms with Crippen molar-refractivity contribution in [1.29, 1.82) is 0 Å². The van der Waals surface area contributed by atoms with Crippen molar-refractivity contribution < 1.29 is 21.7 Å². The van der Waals surface area contributed by atoms with E-state index in [9.17, 15) is 0 Å². The Kier molecular flexibility index (Phi) is 22.3. The van der Waals surface area contributed by atoms with Crippen LogP contribution in [0.5, 0.6) is 0 Å². The normalized spacial score (nSPS) is 8.33. The summed E-state index contributed by atoms with van der Waals surface area (Å²) in [5.74, 6) is 0. The van der Waals surface area contributed by atoms with Gasteiger partial charge in [-0.3, -0.25) is 0 Å². The largest absolute Gasteiger partial charge is 2.00 e. The van der Waals surface area contributed by atoms with Crippen LogP contribution in [0.2, 0.25) is 0 Å². The summed E-state index contributed by atoms with van der Waals surface area (Å²) in [5, 5.41) is 0. The molecule has 1 nitrogen and oxygen atoms in total. The van der Waals surface area contributed by atoms with Crippen molar-refractivity contribution in [1.82, 2.24) is 4.98 Å². The maximum atomic E-state index is 3.24. The van der Waals surface area contributed by atoms with Crippen molar-refractivity contribution in [3.05, 3.63) is 14.9 Å². The van der Waals surface area contributed by atoms with Crippen LogP contribution in [-0.2, 0) is 21.7 Å². The SMILES string of the molecule is CC(C)(C)N[SiH3].[CH3-].[CH3-].[Ti+2]. The van der Waals surface area contributed by atoms with Crippen LogP contribution in [0, 0.1) is 14.9 Å². The van der Waals surface area contributed by atoms with Crippen LogP contribution in [0.25, 0.3) is 0 Å². The Morgan fingerprint density at radius 2 is 1.22 bits per heavy atom. The summed E-state index contributed by atoms with van der Waals surface area (Å²) in [6, 6.07) is 0. The van der Waals surface area contributed by atoms with Gasteiger partial charge < -0.3 is 19.8 Å². The van der Waals surface area contributed by atoms with Crippen molar-refractivity contribution in [2.24, 2.45) is 0 Å². The van der Waals surface area contributed by atoms with Gasteiger partial charge in [0.25, 0.3) is 0 Å². The van der Waals surface area contributed by atoms with E-state index in [-0.39, 0.29) is 36.6 Å². The molecule has 0 aromatic carbocycles. The van der Waals surface area contributed by atoms with E-state index in [1.54, 1.807) is 0 Å². The second-order valence-electron chi connectivity index (χ2n) is 2.50. The number of hydrogen-bond donors (Lipinski definition) is 1. The monoisotopic (exact) mass is 181 g/mol. The van der Waals surface area contributed by atoms with Crippen LogP contribution in [0.1, 0.15) is 20.8 Å². The van der Waals surface area contributed by atoms with Gasteiger partial charge in [0.05, 0.1) is 10.4 Å². The van der Waals surface area contributed by atoms with E-state index in [0.29, 0.717) is 5.54 Å². The Morgan fingerprint density at radius 1 is 1.11 bits per heavy atom. The van der Waals surface area contributed by atoms with Crippen molar-refractivity contribution >= 4 is 10.4 Å². The number of rotatable bonds is 0. The van der Waals surface area contributed by atoms with Gasteiger partial charge in [0.1, 0.15) is 0 Å². The standard InChI is InChI=1S/C4H13NSi.2CH3.Ti/c1-4(2,3)5-6;;;/h5H,1-3,6H3;2*1H3;/q;2*-1;+2. The third kappa shape index (κ3) is 27.9. The van der Waals surface area contributed by atoms with Crippen molar-refractivity contribution in [2.45, 2.75) is 26.3 Å². The Hall–Kier alpha value is 0.891. The first-order valence-corrected chi connectivity index (χ1v) is 3.25. The topological polar surface area (TPSA) is 12.0 Å². The minimum absolute atomic E-state index is 0. The molecule has 0 aliphatic carbocycles. The molecule has 0 fully saturated rings. The fraction of sp³-hybridized carbons (Fsp3) is 0.667. The maximum Gasteiger partial charge on any atom is 2.00 e. The summed E-state index contributed by atoms with van der Waals surface area (Å²) < 4.78 is 0. The molecule has 0 saturated carbocycles. The zero-order chi connectivity index (χ0) is 5.21. The van der Waals surface area contributed by atoms with Gasteiger partial charge in [0.15, 0.2) is 0 Å². The van der Waals surface area contributed by atoms with Gasteiger partial charge in [-0.1, -0.05) is 0 Å². The summed E-state index contributed by atoms with van der Waals surface area (Å²) >= 11 is 0. The van der Waals surface area contributed by atoms with E-state index < -0.39 is 0 Å². The van der Waals surface area contributed by atoms with Gasteiger partial charge in [0, 0.05) is 5.54 Å². The van der Waals surface area contributed by atoms with Crippen LogP contribution in [0.4, 0.5) is 0 Å². The van der Waals surface area contributed by atoms with Crippen molar-refractivity contribution in [3.63, 3.8) is 0 Å². The predicted octanol–water partition coefficient (Wildman–Crippen LogP) is 0.553. The molecule has 0 aliphatic rings. The van der Waals surface area contributed by atoms with Gasteiger partial charge in [0.2, 0.25) is 0 Å². The summed E-state index contributed by atoms with van der Waals surface area (Å²) in [6.07, 6.45) is 0. The predicted molar refractivity (Wildman–Crippen MR) is 45.7 cm³/mol. The summed E-state index contributed by atoms with van der Waals surface area (Å²) in [6.45, 7) is 6.50. The molecule has 1 N–H and O–H groups in total. The second-order valence-corrected chi connectivity index (χ2v) is 3.00. The molecule has 0 amide bonds. The van der Waals surface area contributed by atoms with E-state index in [1.165, 1.54) is 0 Å². The van der Waals surface area contributed by atoms with Crippen LogP contribution in [-0.4, -0.2) is 15.9 Å². The third-order valence-electron chi connectivity index (χ3n) is 0.750. The minimum atomic E-state index is 0. The maximum absolute atomic E-state index is 3.24. The zero-order valence-corrected chi connectivity index (χ0v) is 11.1. The van der Waals surface area contributed by atoms with Gasteiger partial charge in [-0.2, -0.15) is 0 Å². The first-order valence-electron chi connectivity index (χ1n) is 2.25. The first-order chi connectivity index (χ1) is 2.56. The fourth-order valence-electron chi connectivity index (χ4n) is 0. The first kappa shape index (κ1) is 22.5. The molecule has 0 heterocycles. The van der Waals surface area contributed by atoms with E-state index in [4.69, 9.17) is 0 Å². The molecule has 0 rings (SSSR count). The molecule has 0 aromatic rings. The Bertz CT molecular complexity index is 42.8. The van der Waals surface area contributed by atoms with Gasteiger partial charge in [-0.05, 0) is 20.8 Å². The van der Waals surface area contributed by atoms with Gasteiger partial charge in [-0.15, -0.1) is 0 Å². The van der Waals surface area contributed by atoms with E-state index >= 15 is 0 Å². The van der Waals surface area contributed by atoms with Gasteiger partial charge >= 0.3 is 21.7 Å². The van der Waals surface area contributed by atoms with Crippen LogP contribution >= 0.6 is 0 Å². The fourth-order valence-corrected chi connectivity index (χ4v) is 0. The smallest absolute Gasteiger partial charge is 0.358 e. The molecule has 3 heteroatoms. The molecule has 0 aliphatic heterocycles. The third-order valence-corrected chi connectivity index (χ3v) is 2.25. The molecule has 0 atom stereocenters. The number of nitrogens with one attached hydrogen (secondary N) is 1. The summed E-state index contributed by atoms with van der Waals surface area (Å²) in [4.78, 5) is 3.24. The van der Waals surface area contributed by atoms with E-state index in [2.05, 4.69) is 25.8 Å². The summed E-state index contributed by atoms with van der Waals surface area (Å²) in [5.41, 5.74) is 0.353. The van der Waals surface area contributed by atoms with Crippen LogP contribution in [0.15, 0.2) is 0 Å². The molecule has 0 aromatic heterocycles. The number of hydrogen-bond acceptors (Lipinski definition) is 1. The van der Waals surface area contributed by atoms with E-state index in [1.807, 2.05) is 0 Å². The molecule has 9 heavy (non-hydrogen) atoms. The molecule has 0 bridgehead atoms. The molecular weight excluding hydrogens is 162 g/mol. The Morgan fingerprint density at radius 3 is 1.22 bits per heavy atom. The minimum Gasteiger partial charge on any atom is -0.358 e. The van der Waals surface area contributed by atoms with Crippen molar-refractivity contribution in [2.75, 3.05) is 0 Å². The van der Waals surface area contributed by atoms with Crippen LogP contribution < -0.4 is 4.98 Å².